The molecule has 0 saturated carbocycles. The first kappa shape index (κ1) is 15.5. The van der Waals surface area contributed by atoms with E-state index in [9.17, 15) is 4.79 Å². The van der Waals surface area contributed by atoms with Crippen molar-refractivity contribution in [2.75, 3.05) is 10.6 Å². The molecule has 3 rings (SSSR count). The van der Waals surface area contributed by atoms with E-state index in [4.69, 9.17) is 0 Å². The fraction of sp³-hybridized carbons (Fsp3) is 0. The SMILES string of the molecule is O=C(/C=C\c1ccccn1)Nc1ccccc1Nc1ccccc1. The third kappa shape index (κ3) is 4.30. The molecule has 1 amide bonds. The van der Waals surface area contributed by atoms with E-state index in [1.807, 2.05) is 72.8 Å². The summed E-state index contributed by atoms with van der Waals surface area (Å²) in [5.74, 6) is -0.206. The number of amides is 1. The van der Waals surface area contributed by atoms with E-state index in [1.165, 1.54) is 6.08 Å². The Morgan fingerprint density at radius 3 is 2.29 bits per heavy atom. The molecule has 1 aromatic heterocycles. The normalized spacial score (nSPS) is 10.5. The van der Waals surface area contributed by atoms with Crippen molar-refractivity contribution in [3.05, 3.63) is 90.8 Å². The molecule has 0 atom stereocenters. The summed E-state index contributed by atoms with van der Waals surface area (Å²) in [6.45, 7) is 0. The van der Waals surface area contributed by atoms with Gasteiger partial charge >= 0.3 is 0 Å². The van der Waals surface area contributed by atoms with E-state index in [-0.39, 0.29) is 5.91 Å². The fourth-order valence-corrected chi connectivity index (χ4v) is 2.19. The standard InChI is InChI=1S/C20H17N3O/c24-20(14-13-16-8-6-7-15-21-16)23-19-12-5-4-11-18(19)22-17-9-2-1-3-10-17/h1-15,22H,(H,23,24)/b14-13-. The lowest BCUT2D eigenvalue weighted by atomic mass is 10.2. The smallest absolute Gasteiger partial charge is 0.248 e. The lowest BCUT2D eigenvalue weighted by Gasteiger charge is -2.12. The van der Waals surface area contributed by atoms with Gasteiger partial charge in [0.25, 0.3) is 0 Å². The van der Waals surface area contributed by atoms with Crippen LogP contribution in [0.1, 0.15) is 5.69 Å². The number of pyridine rings is 1. The zero-order valence-electron chi connectivity index (χ0n) is 13.0. The highest BCUT2D eigenvalue weighted by Gasteiger charge is 2.04. The van der Waals surface area contributed by atoms with E-state index in [0.717, 1.165) is 22.8 Å². The Balaban J connectivity index is 1.71. The van der Waals surface area contributed by atoms with Crippen LogP contribution in [0.5, 0.6) is 0 Å². The van der Waals surface area contributed by atoms with Gasteiger partial charge in [0.1, 0.15) is 0 Å². The molecule has 2 aromatic carbocycles. The summed E-state index contributed by atoms with van der Waals surface area (Å²) in [4.78, 5) is 16.3. The highest BCUT2D eigenvalue weighted by molar-refractivity contribution is 6.03. The van der Waals surface area contributed by atoms with Crippen LogP contribution in [0.25, 0.3) is 6.08 Å². The average Bonchev–Trinajstić information content (AvgIpc) is 2.63. The largest absolute Gasteiger partial charge is 0.354 e. The van der Waals surface area contributed by atoms with Crippen LogP contribution in [0.3, 0.4) is 0 Å². The van der Waals surface area contributed by atoms with Crippen molar-refractivity contribution < 1.29 is 4.79 Å². The molecule has 0 saturated heterocycles. The van der Waals surface area contributed by atoms with Gasteiger partial charge in [0.2, 0.25) is 5.91 Å². The number of para-hydroxylation sites is 3. The van der Waals surface area contributed by atoms with E-state index >= 15 is 0 Å². The minimum atomic E-state index is -0.206. The van der Waals surface area contributed by atoms with Gasteiger partial charge in [-0.1, -0.05) is 36.4 Å². The summed E-state index contributed by atoms with van der Waals surface area (Å²) in [5.41, 5.74) is 3.26. The number of carbonyl (C=O) groups is 1. The Hall–Kier alpha value is -3.40. The van der Waals surface area contributed by atoms with Crippen molar-refractivity contribution in [2.24, 2.45) is 0 Å². The molecular formula is C20H17N3O. The molecular weight excluding hydrogens is 298 g/mol. The number of aromatic nitrogens is 1. The number of anilines is 3. The van der Waals surface area contributed by atoms with Crippen LogP contribution < -0.4 is 10.6 Å². The molecule has 0 aliphatic heterocycles. The number of benzene rings is 2. The first-order valence-electron chi connectivity index (χ1n) is 7.62. The fourth-order valence-electron chi connectivity index (χ4n) is 2.19. The van der Waals surface area contributed by atoms with Crippen LogP contribution in [0, 0.1) is 0 Å². The van der Waals surface area contributed by atoms with Crippen LogP contribution in [0.2, 0.25) is 0 Å². The summed E-state index contributed by atoms with van der Waals surface area (Å²) < 4.78 is 0. The van der Waals surface area contributed by atoms with Crippen molar-refractivity contribution in [1.29, 1.82) is 0 Å². The predicted octanol–water partition coefficient (Wildman–Crippen LogP) is 4.48. The van der Waals surface area contributed by atoms with Crippen molar-refractivity contribution in [3.8, 4) is 0 Å². The molecule has 0 fully saturated rings. The van der Waals surface area contributed by atoms with Crippen LogP contribution in [-0.2, 0) is 4.79 Å². The second-order valence-corrected chi connectivity index (χ2v) is 5.11. The molecule has 1 heterocycles. The van der Waals surface area contributed by atoms with Crippen molar-refractivity contribution in [1.82, 2.24) is 4.98 Å². The summed E-state index contributed by atoms with van der Waals surface area (Å²) in [6.07, 6.45) is 4.85. The highest BCUT2D eigenvalue weighted by atomic mass is 16.1. The first-order valence-corrected chi connectivity index (χ1v) is 7.62. The Morgan fingerprint density at radius 1 is 0.833 bits per heavy atom. The van der Waals surface area contributed by atoms with E-state index < -0.39 is 0 Å². The molecule has 3 aromatic rings. The molecule has 0 radical (unpaired) electrons. The zero-order chi connectivity index (χ0) is 16.6. The van der Waals surface area contributed by atoms with Crippen LogP contribution in [0.4, 0.5) is 17.1 Å². The van der Waals surface area contributed by atoms with Crippen molar-refractivity contribution in [2.45, 2.75) is 0 Å². The second-order valence-electron chi connectivity index (χ2n) is 5.11. The maximum Gasteiger partial charge on any atom is 0.248 e. The first-order chi connectivity index (χ1) is 11.8. The Morgan fingerprint density at radius 2 is 1.54 bits per heavy atom. The summed E-state index contributed by atoms with van der Waals surface area (Å²) in [5, 5.41) is 6.19. The maximum atomic E-state index is 12.1. The lowest BCUT2D eigenvalue weighted by molar-refractivity contribution is -0.111. The second kappa shape index (κ2) is 7.74. The van der Waals surface area contributed by atoms with Gasteiger partial charge in [0, 0.05) is 18.0 Å². The van der Waals surface area contributed by atoms with Gasteiger partial charge in [0.05, 0.1) is 17.1 Å². The van der Waals surface area contributed by atoms with Gasteiger partial charge < -0.3 is 10.6 Å². The Labute approximate surface area is 140 Å². The van der Waals surface area contributed by atoms with E-state index in [1.54, 1.807) is 12.3 Å². The number of nitrogens with zero attached hydrogens (tertiary/aromatic N) is 1. The summed E-state index contributed by atoms with van der Waals surface area (Å²) in [6, 6.07) is 23.0. The zero-order valence-corrected chi connectivity index (χ0v) is 13.0. The summed E-state index contributed by atoms with van der Waals surface area (Å²) in [7, 11) is 0. The van der Waals surface area contributed by atoms with Gasteiger partial charge in [-0.3, -0.25) is 9.78 Å². The topological polar surface area (TPSA) is 54.0 Å². The van der Waals surface area contributed by atoms with Crippen LogP contribution >= 0.6 is 0 Å². The number of hydrogen-bond acceptors (Lipinski definition) is 3. The molecule has 0 aliphatic carbocycles. The molecule has 24 heavy (non-hydrogen) atoms. The molecule has 4 heteroatoms. The van der Waals surface area contributed by atoms with Crippen LogP contribution in [0.15, 0.2) is 85.1 Å². The molecule has 0 aliphatic rings. The number of rotatable bonds is 5. The van der Waals surface area contributed by atoms with Gasteiger partial charge in [-0.25, -0.2) is 0 Å². The van der Waals surface area contributed by atoms with Gasteiger partial charge in [-0.15, -0.1) is 0 Å². The molecule has 0 unspecified atom stereocenters. The van der Waals surface area contributed by atoms with Gasteiger partial charge in [0.15, 0.2) is 0 Å². The van der Waals surface area contributed by atoms with Crippen LogP contribution in [-0.4, -0.2) is 10.9 Å². The predicted molar refractivity (Wildman–Crippen MR) is 98.1 cm³/mol. The Bertz CT molecular complexity index is 830. The highest BCUT2D eigenvalue weighted by Crippen LogP contribution is 2.25. The maximum absolute atomic E-state index is 12.1. The molecule has 2 N–H and O–H groups in total. The quantitative estimate of drug-likeness (QED) is 0.683. The molecule has 0 spiro atoms. The number of carbonyl (C=O) groups excluding carboxylic acids is 1. The molecule has 0 bridgehead atoms. The monoisotopic (exact) mass is 315 g/mol. The number of nitrogens with one attached hydrogen (secondary N) is 2. The van der Waals surface area contributed by atoms with E-state index in [2.05, 4.69) is 15.6 Å². The van der Waals surface area contributed by atoms with Gasteiger partial charge in [-0.05, 0) is 42.5 Å². The third-order valence-corrected chi connectivity index (χ3v) is 3.33. The van der Waals surface area contributed by atoms with E-state index in [0.29, 0.717) is 0 Å². The lowest BCUT2D eigenvalue weighted by Crippen LogP contribution is -2.09. The van der Waals surface area contributed by atoms with Gasteiger partial charge in [-0.2, -0.15) is 0 Å². The number of hydrogen-bond donors (Lipinski definition) is 2. The molecule has 118 valence electrons. The molecule has 4 nitrogen and oxygen atoms in total. The minimum absolute atomic E-state index is 0.206. The minimum Gasteiger partial charge on any atom is -0.354 e. The van der Waals surface area contributed by atoms with Crippen molar-refractivity contribution >= 4 is 29.0 Å². The third-order valence-electron chi connectivity index (χ3n) is 3.33. The Kier molecular flexibility index (Phi) is 5.00. The summed E-state index contributed by atoms with van der Waals surface area (Å²) >= 11 is 0. The van der Waals surface area contributed by atoms with Crippen molar-refractivity contribution in [3.63, 3.8) is 0 Å². The average molecular weight is 315 g/mol.